The molecular formula is C24H22N4O2S. The number of carbonyl (C=O) groups excluding carboxylic acids is 1. The minimum absolute atomic E-state index is 0.0615. The maximum absolute atomic E-state index is 12.3. The third kappa shape index (κ3) is 5.79. The fraction of sp³-hybridized carbons (Fsp3) is 0.167. The molecule has 0 unspecified atom stereocenters. The van der Waals surface area contributed by atoms with Crippen LogP contribution >= 0.6 is 11.8 Å². The lowest BCUT2D eigenvalue weighted by atomic mass is 9.88. The molecule has 156 valence electrons. The van der Waals surface area contributed by atoms with Gasteiger partial charge >= 0.3 is 0 Å². The van der Waals surface area contributed by atoms with Crippen LogP contribution in [-0.4, -0.2) is 33.4 Å². The van der Waals surface area contributed by atoms with Crippen LogP contribution in [0.4, 0.5) is 0 Å². The van der Waals surface area contributed by atoms with Crippen LogP contribution in [-0.2, 0) is 4.79 Å². The van der Waals surface area contributed by atoms with Crippen molar-refractivity contribution in [2.24, 2.45) is 0 Å². The van der Waals surface area contributed by atoms with Crippen molar-refractivity contribution in [3.05, 3.63) is 96.3 Å². The summed E-state index contributed by atoms with van der Waals surface area (Å²) < 4.78 is 5.61. The van der Waals surface area contributed by atoms with Crippen LogP contribution in [0.1, 0.15) is 23.5 Å². The Morgan fingerprint density at radius 1 is 0.903 bits per heavy atom. The van der Waals surface area contributed by atoms with Crippen molar-refractivity contribution in [1.82, 2.24) is 20.5 Å². The second-order valence-corrected chi connectivity index (χ2v) is 7.84. The first-order chi connectivity index (χ1) is 15.3. The Bertz CT molecular complexity index is 1050. The molecule has 4 aromatic rings. The first-order valence-corrected chi connectivity index (χ1v) is 11.0. The molecule has 1 N–H and O–H groups in total. The van der Waals surface area contributed by atoms with Crippen LogP contribution in [0.2, 0.25) is 0 Å². The molecule has 0 atom stereocenters. The standard InChI is InChI=1S/C24H22N4O2S/c29-22(17-31-24-28-27-23(30-24)20-11-14-25-15-12-20)26-16-13-21(18-7-3-1-4-8-18)19-9-5-2-6-10-19/h1-12,14-15,21H,13,16-17H2,(H,26,29). The second-order valence-electron chi connectivity index (χ2n) is 6.91. The SMILES string of the molecule is O=C(CSc1nnc(-c2ccncc2)o1)NCCC(c1ccccc1)c1ccccc1. The number of benzene rings is 2. The van der Waals surface area contributed by atoms with E-state index in [4.69, 9.17) is 4.42 Å². The number of carbonyl (C=O) groups is 1. The highest BCUT2D eigenvalue weighted by Crippen LogP contribution is 2.27. The Balaban J connectivity index is 1.29. The van der Waals surface area contributed by atoms with Crippen LogP contribution in [0.3, 0.4) is 0 Å². The van der Waals surface area contributed by atoms with Gasteiger partial charge in [-0.05, 0) is 29.7 Å². The summed E-state index contributed by atoms with van der Waals surface area (Å²) >= 11 is 1.23. The Labute approximate surface area is 185 Å². The lowest BCUT2D eigenvalue weighted by molar-refractivity contribution is -0.118. The summed E-state index contributed by atoms with van der Waals surface area (Å²) in [6.07, 6.45) is 4.15. The highest BCUT2D eigenvalue weighted by molar-refractivity contribution is 7.99. The van der Waals surface area contributed by atoms with Gasteiger partial charge < -0.3 is 9.73 Å². The zero-order chi connectivity index (χ0) is 21.3. The first kappa shape index (κ1) is 20.8. The summed E-state index contributed by atoms with van der Waals surface area (Å²) in [6.45, 7) is 0.583. The van der Waals surface area contributed by atoms with Gasteiger partial charge in [0.05, 0.1) is 5.75 Å². The molecule has 0 aliphatic rings. The van der Waals surface area contributed by atoms with E-state index >= 15 is 0 Å². The minimum Gasteiger partial charge on any atom is -0.411 e. The molecule has 0 aliphatic heterocycles. The topological polar surface area (TPSA) is 80.9 Å². The molecule has 31 heavy (non-hydrogen) atoms. The molecule has 0 spiro atoms. The minimum atomic E-state index is -0.0615. The lowest BCUT2D eigenvalue weighted by Gasteiger charge is -2.18. The second kappa shape index (κ2) is 10.5. The fourth-order valence-corrected chi connectivity index (χ4v) is 3.90. The van der Waals surface area contributed by atoms with Gasteiger partial charge in [0.2, 0.25) is 11.8 Å². The van der Waals surface area contributed by atoms with Crippen molar-refractivity contribution < 1.29 is 9.21 Å². The van der Waals surface area contributed by atoms with E-state index in [1.807, 2.05) is 36.4 Å². The smallest absolute Gasteiger partial charge is 0.277 e. The molecule has 1 amide bonds. The number of hydrogen-bond donors (Lipinski definition) is 1. The molecule has 2 aromatic heterocycles. The van der Waals surface area contributed by atoms with Crippen LogP contribution in [0.5, 0.6) is 0 Å². The Morgan fingerprint density at radius 3 is 2.19 bits per heavy atom. The molecule has 0 saturated carbocycles. The fourth-order valence-electron chi connectivity index (χ4n) is 3.31. The van der Waals surface area contributed by atoms with Gasteiger partial charge in [-0.25, -0.2) is 0 Å². The van der Waals surface area contributed by atoms with Gasteiger partial charge in [-0.15, -0.1) is 10.2 Å². The largest absolute Gasteiger partial charge is 0.411 e. The summed E-state index contributed by atoms with van der Waals surface area (Å²) in [4.78, 5) is 16.3. The van der Waals surface area contributed by atoms with Crippen LogP contribution in [0.15, 0.2) is 94.8 Å². The molecule has 2 heterocycles. The molecule has 0 saturated heterocycles. The summed E-state index contributed by atoms with van der Waals surface area (Å²) in [5.41, 5.74) is 3.28. The molecule has 7 heteroatoms. The lowest BCUT2D eigenvalue weighted by Crippen LogP contribution is -2.27. The molecule has 0 radical (unpaired) electrons. The number of pyridine rings is 1. The van der Waals surface area contributed by atoms with E-state index in [9.17, 15) is 4.79 Å². The number of aromatic nitrogens is 3. The van der Waals surface area contributed by atoms with Gasteiger partial charge in [-0.1, -0.05) is 72.4 Å². The number of nitrogens with zero attached hydrogens (tertiary/aromatic N) is 3. The van der Waals surface area contributed by atoms with Gasteiger partial charge in [-0.3, -0.25) is 9.78 Å². The molecule has 4 rings (SSSR count). The molecule has 6 nitrogen and oxygen atoms in total. The summed E-state index contributed by atoms with van der Waals surface area (Å²) in [5.74, 6) is 0.806. The van der Waals surface area contributed by atoms with E-state index in [-0.39, 0.29) is 17.6 Å². The highest BCUT2D eigenvalue weighted by atomic mass is 32.2. The van der Waals surface area contributed by atoms with Crippen molar-refractivity contribution >= 4 is 17.7 Å². The van der Waals surface area contributed by atoms with Gasteiger partial charge in [0.15, 0.2) is 0 Å². The number of rotatable bonds is 9. The molecule has 0 aliphatic carbocycles. The average Bonchev–Trinajstić information content (AvgIpc) is 3.31. The predicted octanol–water partition coefficient (Wildman–Crippen LogP) is 4.56. The maximum atomic E-state index is 12.3. The summed E-state index contributed by atoms with van der Waals surface area (Å²) in [6, 6.07) is 24.3. The van der Waals surface area contributed by atoms with Crippen molar-refractivity contribution in [3.8, 4) is 11.5 Å². The third-order valence-electron chi connectivity index (χ3n) is 4.82. The van der Waals surface area contributed by atoms with Crippen LogP contribution < -0.4 is 5.32 Å². The monoisotopic (exact) mass is 430 g/mol. The molecule has 0 bridgehead atoms. The normalized spacial score (nSPS) is 10.9. The first-order valence-electron chi connectivity index (χ1n) is 10.0. The van der Waals surface area contributed by atoms with Crippen molar-refractivity contribution in [1.29, 1.82) is 0 Å². The summed E-state index contributed by atoms with van der Waals surface area (Å²) in [5, 5.41) is 11.4. The van der Waals surface area contributed by atoms with E-state index in [1.54, 1.807) is 24.5 Å². The van der Waals surface area contributed by atoms with Crippen LogP contribution in [0.25, 0.3) is 11.5 Å². The predicted molar refractivity (Wildman–Crippen MR) is 121 cm³/mol. The number of nitrogens with one attached hydrogen (secondary N) is 1. The highest BCUT2D eigenvalue weighted by Gasteiger charge is 2.15. The van der Waals surface area contributed by atoms with Gasteiger partial charge in [0.1, 0.15) is 0 Å². The quantitative estimate of drug-likeness (QED) is 0.392. The molecule has 0 fully saturated rings. The van der Waals surface area contributed by atoms with Gasteiger partial charge in [-0.2, -0.15) is 0 Å². The van der Waals surface area contributed by atoms with E-state index in [2.05, 4.69) is 44.8 Å². The maximum Gasteiger partial charge on any atom is 0.277 e. The van der Waals surface area contributed by atoms with Gasteiger partial charge in [0, 0.05) is 30.4 Å². The van der Waals surface area contributed by atoms with E-state index in [1.165, 1.54) is 22.9 Å². The number of thioether (sulfide) groups is 1. The summed E-state index contributed by atoms with van der Waals surface area (Å²) in [7, 11) is 0. The Kier molecular flexibility index (Phi) is 7.08. The van der Waals surface area contributed by atoms with Crippen molar-refractivity contribution in [2.75, 3.05) is 12.3 Å². The zero-order valence-corrected chi connectivity index (χ0v) is 17.7. The van der Waals surface area contributed by atoms with Gasteiger partial charge in [0.25, 0.3) is 5.22 Å². The van der Waals surface area contributed by atoms with E-state index in [0.717, 1.165) is 12.0 Å². The average molecular weight is 431 g/mol. The Morgan fingerprint density at radius 2 is 1.55 bits per heavy atom. The van der Waals surface area contributed by atoms with E-state index in [0.29, 0.717) is 17.7 Å². The van der Waals surface area contributed by atoms with E-state index < -0.39 is 0 Å². The molecule has 2 aromatic carbocycles. The van der Waals surface area contributed by atoms with Crippen molar-refractivity contribution in [3.63, 3.8) is 0 Å². The number of hydrogen-bond acceptors (Lipinski definition) is 6. The zero-order valence-electron chi connectivity index (χ0n) is 16.8. The van der Waals surface area contributed by atoms with Crippen molar-refractivity contribution in [2.45, 2.75) is 17.6 Å². The van der Waals surface area contributed by atoms with Crippen LogP contribution in [0, 0.1) is 0 Å². The molecular weight excluding hydrogens is 408 g/mol. The Hall–Kier alpha value is -3.45. The number of amides is 1. The third-order valence-corrected chi connectivity index (χ3v) is 5.64.